The first-order valence-corrected chi connectivity index (χ1v) is 12.2. The Morgan fingerprint density at radius 3 is 2.62 bits per heavy atom. The first kappa shape index (κ1) is 24.7. The van der Waals surface area contributed by atoms with E-state index in [0.717, 1.165) is 47.4 Å². The number of nitriles is 1. The van der Waals surface area contributed by atoms with Gasteiger partial charge in [-0.05, 0) is 22.8 Å². The van der Waals surface area contributed by atoms with Crippen LogP contribution >= 0.6 is 0 Å². The molecule has 0 spiro atoms. The molecule has 0 aliphatic carbocycles. The number of methoxy groups -OCH3 is 1. The number of hydrogen-bond acceptors (Lipinski definition) is 8. The van der Waals surface area contributed by atoms with Gasteiger partial charge in [0.25, 0.3) is 0 Å². The molecular formula is C28H30N6O3. The van der Waals surface area contributed by atoms with Gasteiger partial charge in [0, 0.05) is 50.0 Å². The first-order valence-electron chi connectivity index (χ1n) is 12.2. The Morgan fingerprint density at radius 1 is 1.19 bits per heavy atom. The second-order valence-electron chi connectivity index (χ2n) is 9.74. The van der Waals surface area contributed by atoms with E-state index in [1.807, 2.05) is 43.5 Å². The minimum absolute atomic E-state index is 0.00879. The van der Waals surface area contributed by atoms with Gasteiger partial charge in [-0.1, -0.05) is 37.3 Å². The highest BCUT2D eigenvalue weighted by molar-refractivity contribution is 5.85. The van der Waals surface area contributed by atoms with E-state index in [2.05, 4.69) is 33.2 Å². The van der Waals surface area contributed by atoms with Crippen molar-refractivity contribution in [1.29, 1.82) is 5.26 Å². The number of pyridine rings is 2. The predicted molar refractivity (Wildman–Crippen MR) is 139 cm³/mol. The number of benzene rings is 1. The van der Waals surface area contributed by atoms with Crippen molar-refractivity contribution < 1.29 is 14.6 Å². The molecular weight excluding hydrogens is 468 g/mol. The van der Waals surface area contributed by atoms with Crippen LogP contribution in [0.5, 0.6) is 11.6 Å². The Balaban J connectivity index is 1.35. The van der Waals surface area contributed by atoms with E-state index in [0.29, 0.717) is 23.8 Å². The highest BCUT2D eigenvalue weighted by Crippen LogP contribution is 2.35. The highest BCUT2D eigenvalue weighted by Gasteiger charge is 2.40. The third kappa shape index (κ3) is 5.00. The normalized spacial score (nSPS) is 15.6. The van der Waals surface area contributed by atoms with E-state index in [1.54, 1.807) is 24.0 Å². The number of ether oxygens (including phenoxy) is 2. The summed E-state index contributed by atoms with van der Waals surface area (Å²) in [5.74, 6) is 1.24. The second-order valence-corrected chi connectivity index (χ2v) is 9.74. The molecule has 1 aliphatic rings. The molecule has 3 N–H and O–H groups in total. The summed E-state index contributed by atoms with van der Waals surface area (Å²) in [6.07, 6.45) is 5.15. The van der Waals surface area contributed by atoms with Crippen molar-refractivity contribution in [2.24, 2.45) is 11.7 Å². The van der Waals surface area contributed by atoms with Gasteiger partial charge < -0.3 is 20.3 Å². The topological polar surface area (TPSA) is 122 Å². The summed E-state index contributed by atoms with van der Waals surface area (Å²) in [6, 6.07) is 16.2. The largest absolute Gasteiger partial charge is 0.492 e. The van der Waals surface area contributed by atoms with Crippen LogP contribution in [0, 0.1) is 17.2 Å². The third-order valence-electron chi connectivity index (χ3n) is 6.75. The highest BCUT2D eigenvalue weighted by atomic mass is 16.5. The van der Waals surface area contributed by atoms with E-state index >= 15 is 0 Å². The number of aromatic nitrogens is 3. The molecule has 5 rings (SSSR count). The maximum atomic E-state index is 9.63. The summed E-state index contributed by atoms with van der Waals surface area (Å²) >= 11 is 0. The molecule has 3 aromatic heterocycles. The van der Waals surface area contributed by atoms with Gasteiger partial charge in [-0.3, -0.25) is 4.90 Å². The predicted octanol–water partition coefficient (Wildman–Crippen LogP) is 2.95. The van der Waals surface area contributed by atoms with Crippen molar-refractivity contribution >= 4 is 5.52 Å². The zero-order chi connectivity index (χ0) is 26.0. The third-order valence-corrected chi connectivity index (χ3v) is 6.75. The maximum Gasteiger partial charge on any atom is 0.212 e. The Labute approximate surface area is 215 Å². The van der Waals surface area contributed by atoms with Gasteiger partial charge in [0.1, 0.15) is 11.8 Å². The fraction of sp³-hybridized carbons (Fsp3) is 0.321. The van der Waals surface area contributed by atoms with Crippen molar-refractivity contribution in [3.8, 4) is 28.8 Å². The van der Waals surface area contributed by atoms with Crippen molar-refractivity contribution in [3.63, 3.8) is 0 Å². The fourth-order valence-corrected chi connectivity index (χ4v) is 4.68. The summed E-state index contributed by atoms with van der Waals surface area (Å²) in [7, 11) is 1.61. The van der Waals surface area contributed by atoms with Crippen LogP contribution in [0.1, 0.15) is 23.6 Å². The van der Waals surface area contributed by atoms with Gasteiger partial charge in [-0.2, -0.15) is 10.4 Å². The van der Waals surface area contributed by atoms with Gasteiger partial charge >= 0.3 is 0 Å². The van der Waals surface area contributed by atoms with Crippen molar-refractivity contribution in [3.05, 3.63) is 77.7 Å². The van der Waals surface area contributed by atoms with Gasteiger partial charge in [-0.25, -0.2) is 9.50 Å². The number of rotatable bonds is 9. The smallest absolute Gasteiger partial charge is 0.212 e. The molecule has 9 nitrogen and oxygen atoms in total. The van der Waals surface area contributed by atoms with E-state index in [4.69, 9.17) is 15.2 Å². The van der Waals surface area contributed by atoms with Crippen LogP contribution in [0.3, 0.4) is 0 Å². The first-order chi connectivity index (χ1) is 17.9. The summed E-state index contributed by atoms with van der Waals surface area (Å²) < 4.78 is 12.7. The molecule has 37 heavy (non-hydrogen) atoms. The number of aliphatic hydroxyl groups is 1. The molecule has 1 fully saturated rings. The molecule has 4 aromatic rings. The molecule has 1 aliphatic heterocycles. The lowest BCUT2D eigenvalue weighted by atomic mass is 9.82. The molecule has 1 atom stereocenters. The van der Waals surface area contributed by atoms with Gasteiger partial charge in [0.2, 0.25) is 5.88 Å². The van der Waals surface area contributed by atoms with E-state index in [-0.39, 0.29) is 12.5 Å². The maximum absolute atomic E-state index is 9.63. The molecule has 0 bridgehead atoms. The Bertz CT molecular complexity index is 1420. The molecule has 4 heterocycles. The molecule has 1 aromatic carbocycles. The number of likely N-dealkylation sites (tertiary alicyclic amines) is 1. The average Bonchev–Trinajstić information content (AvgIpc) is 3.34. The summed E-state index contributed by atoms with van der Waals surface area (Å²) in [4.78, 5) is 6.57. The van der Waals surface area contributed by atoms with E-state index in [9.17, 15) is 10.4 Å². The van der Waals surface area contributed by atoms with Crippen LogP contribution < -0.4 is 15.2 Å². The van der Waals surface area contributed by atoms with Gasteiger partial charge in [-0.15, -0.1) is 0 Å². The van der Waals surface area contributed by atoms with E-state index in [1.165, 1.54) is 0 Å². The van der Waals surface area contributed by atoms with Crippen LogP contribution in [0.2, 0.25) is 0 Å². The lowest BCUT2D eigenvalue weighted by Crippen LogP contribution is -2.64. The minimum atomic E-state index is -0.423. The van der Waals surface area contributed by atoms with Gasteiger partial charge in [0.05, 0.1) is 42.7 Å². The van der Waals surface area contributed by atoms with Gasteiger partial charge in [0.15, 0.2) is 0 Å². The average molecular weight is 499 g/mol. The number of nitrogens with zero attached hydrogens (tertiary/aromatic N) is 5. The van der Waals surface area contributed by atoms with Crippen molar-refractivity contribution in [2.45, 2.75) is 19.0 Å². The quantitative estimate of drug-likeness (QED) is 0.361. The monoisotopic (exact) mass is 498 g/mol. The molecule has 1 unspecified atom stereocenters. The number of nitrogens with two attached hydrogens (primary N) is 1. The summed E-state index contributed by atoms with van der Waals surface area (Å²) in [5, 5.41) is 23.3. The summed E-state index contributed by atoms with van der Waals surface area (Å²) in [5.41, 5.74) is 11.5. The van der Waals surface area contributed by atoms with Crippen LogP contribution in [0.15, 0.2) is 61.1 Å². The Hall–Kier alpha value is -3.97. The molecule has 0 amide bonds. The van der Waals surface area contributed by atoms with Crippen molar-refractivity contribution in [1.82, 2.24) is 19.5 Å². The number of fused-ring (bicyclic) bond motifs is 1. The summed E-state index contributed by atoms with van der Waals surface area (Å²) in [6.45, 7) is 4.62. The lowest BCUT2D eigenvalue weighted by Gasteiger charge is -2.48. The van der Waals surface area contributed by atoms with Crippen LogP contribution in [0.25, 0.3) is 16.6 Å². The standard InChI is InChI=1S/C28H30N6O3/c1-19(15-35)16-37-24-9-25(27-22(10-29)12-32-34(27)14-24)21-4-6-23(7-5-21)28(30)17-33(18-28)13-20-3-8-26(36-2)31-11-20/h3-9,11-12,14,19,35H,13,15-18,30H2,1-2H3. The van der Waals surface area contributed by atoms with E-state index < -0.39 is 5.54 Å². The second kappa shape index (κ2) is 10.2. The fourth-order valence-electron chi connectivity index (χ4n) is 4.68. The molecule has 190 valence electrons. The van der Waals surface area contributed by atoms with Crippen LogP contribution in [-0.4, -0.2) is 58.0 Å². The zero-order valence-electron chi connectivity index (χ0n) is 21.0. The van der Waals surface area contributed by atoms with Crippen LogP contribution in [-0.2, 0) is 12.1 Å². The Kier molecular flexibility index (Phi) is 6.80. The Morgan fingerprint density at radius 2 is 1.97 bits per heavy atom. The lowest BCUT2D eigenvalue weighted by molar-refractivity contribution is 0.0615. The minimum Gasteiger partial charge on any atom is -0.492 e. The van der Waals surface area contributed by atoms with Crippen LogP contribution in [0.4, 0.5) is 0 Å². The molecule has 0 radical (unpaired) electrons. The SMILES string of the molecule is COc1ccc(CN2CC(N)(c3ccc(-c4cc(OCC(C)CO)cn5ncc(C#N)c45)cc3)C2)cn1. The van der Waals surface area contributed by atoms with Crippen molar-refractivity contribution in [2.75, 3.05) is 33.4 Å². The molecule has 0 saturated carbocycles. The molecule has 9 heteroatoms. The zero-order valence-corrected chi connectivity index (χ0v) is 21.0. The number of hydrogen-bond donors (Lipinski definition) is 2. The molecule has 1 saturated heterocycles. The number of aliphatic hydroxyl groups excluding tert-OH is 1.